The van der Waals surface area contributed by atoms with Crippen LogP contribution in [0.5, 0.6) is 11.5 Å². The molecule has 0 spiro atoms. The lowest BCUT2D eigenvalue weighted by Crippen LogP contribution is -2.42. The number of hydrogen-bond donors (Lipinski definition) is 0. The van der Waals surface area contributed by atoms with Crippen molar-refractivity contribution in [3.8, 4) is 11.5 Å². The molecule has 2 aliphatic heterocycles. The van der Waals surface area contributed by atoms with Crippen LogP contribution in [0.3, 0.4) is 0 Å². The Labute approximate surface area is 124 Å². The number of fused-ring (bicyclic) bond motifs is 1. The van der Waals surface area contributed by atoms with E-state index in [1.807, 2.05) is 36.9 Å². The minimum atomic E-state index is -0.290. The van der Waals surface area contributed by atoms with Gasteiger partial charge in [0.25, 0.3) is 5.91 Å². The Morgan fingerprint density at radius 2 is 2.24 bits per heavy atom. The van der Waals surface area contributed by atoms with Gasteiger partial charge in [-0.1, -0.05) is 12.1 Å². The van der Waals surface area contributed by atoms with Crippen molar-refractivity contribution >= 4 is 5.91 Å². The van der Waals surface area contributed by atoms with Gasteiger partial charge in [-0.3, -0.25) is 4.79 Å². The molecule has 0 aliphatic carbocycles. The fourth-order valence-corrected chi connectivity index (χ4v) is 2.77. The summed E-state index contributed by atoms with van der Waals surface area (Å²) >= 11 is 0. The Morgan fingerprint density at radius 1 is 1.38 bits per heavy atom. The van der Waals surface area contributed by atoms with Crippen LogP contribution >= 0.6 is 0 Å². The quantitative estimate of drug-likeness (QED) is 0.854. The summed E-state index contributed by atoms with van der Waals surface area (Å²) in [6, 6.07) is 5.90. The zero-order chi connectivity index (χ0) is 14.8. The Hall–Kier alpha value is -1.75. The molecule has 5 heteroatoms. The smallest absolute Gasteiger partial charge is 0.252 e. The lowest BCUT2D eigenvalue weighted by molar-refractivity contribution is -0.143. The van der Waals surface area contributed by atoms with Crippen LogP contribution in [-0.4, -0.2) is 36.4 Å². The monoisotopic (exact) mass is 291 g/mol. The predicted octanol–water partition coefficient (Wildman–Crippen LogP) is 2.33. The van der Waals surface area contributed by atoms with Crippen LogP contribution in [0.1, 0.15) is 32.3 Å². The van der Waals surface area contributed by atoms with E-state index < -0.39 is 0 Å². The zero-order valence-electron chi connectivity index (χ0n) is 12.5. The minimum absolute atomic E-state index is 0.0685. The third-order valence-electron chi connectivity index (χ3n) is 3.93. The van der Waals surface area contributed by atoms with E-state index in [2.05, 4.69) is 0 Å². The Balaban J connectivity index is 1.79. The molecule has 0 bridgehead atoms. The van der Waals surface area contributed by atoms with Gasteiger partial charge in [0.1, 0.15) is 6.10 Å². The number of hydrogen-bond acceptors (Lipinski definition) is 4. The molecule has 1 amide bonds. The summed E-state index contributed by atoms with van der Waals surface area (Å²) in [6.07, 6.45) is 1.48. The fraction of sp³-hybridized carbons (Fsp3) is 0.562. The summed E-state index contributed by atoms with van der Waals surface area (Å²) in [5, 5.41) is 0. The number of rotatable bonds is 4. The summed E-state index contributed by atoms with van der Waals surface area (Å²) in [5.74, 6) is 1.57. The third kappa shape index (κ3) is 2.83. The highest BCUT2D eigenvalue weighted by Gasteiger charge is 2.30. The Bertz CT molecular complexity index is 523. The van der Waals surface area contributed by atoms with E-state index >= 15 is 0 Å². The molecule has 21 heavy (non-hydrogen) atoms. The van der Waals surface area contributed by atoms with Gasteiger partial charge in [0.15, 0.2) is 11.5 Å². The molecule has 114 valence electrons. The molecular formula is C16H21NO4. The highest BCUT2D eigenvalue weighted by Crippen LogP contribution is 2.36. The molecule has 2 heterocycles. The minimum Gasteiger partial charge on any atom is -0.454 e. The zero-order valence-corrected chi connectivity index (χ0v) is 12.5. The standard InChI is InChI=1S/C16H21NO4/c1-11(2)17(16(18)14-7-4-8-19-14)9-12-5-3-6-13-15(12)21-10-20-13/h3,5-6,11,14H,4,7-10H2,1-2H3. The SMILES string of the molecule is CC(C)N(Cc1cccc2c1OCO2)C(=O)C1CCCO1. The van der Waals surface area contributed by atoms with Gasteiger partial charge in [-0.25, -0.2) is 0 Å². The van der Waals surface area contributed by atoms with Crippen molar-refractivity contribution in [2.45, 2.75) is 45.4 Å². The lowest BCUT2D eigenvalue weighted by Gasteiger charge is -2.29. The van der Waals surface area contributed by atoms with Crippen LogP contribution in [-0.2, 0) is 16.1 Å². The summed E-state index contributed by atoms with van der Waals surface area (Å²) in [7, 11) is 0. The average molecular weight is 291 g/mol. The molecule has 1 unspecified atom stereocenters. The summed E-state index contributed by atoms with van der Waals surface area (Å²) in [5.41, 5.74) is 0.977. The molecule has 1 saturated heterocycles. The van der Waals surface area contributed by atoms with Gasteiger partial charge >= 0.3 is 0 Å². The fourth-order valence-electron chi connectivity index (χ4n) is 2.77. The number of carbonyl (C=O) groups is 1. The maximum atomic E-state index is 12.6. The topological polar surface area (TPSA) is 48.0 Å². The second-order valence-electron chi connectivity index (χ2n) is 5.71. The van der Waals surface area contributed by atoms with Gasteiger partial charge in [0.2, 0.25) is 6.79 Å². The number of carbonyl (C=O) groups excluding carboxylic acids is 1. The predicted molar refractivity (Wildman–Crippen MR) is 77.2 cm³/mol. The summed E-state index contributed by atoms with van der Waals surface area (Å²) in [6.45, 7) is 5.48. The molecule has 0 saturated carbocycles. The van der Waals surface area contributed by atoms with Crippen LogP contribution in [0.4, 0.5) is 0 Å². The van der Waals surface area contributed by atoms with E-state index in [4.69, 9.17) is 14.2 Å². The largest absolute Gasteiger partial charge is 0.454 e. The third-order valence-corrected chi connectivity index (χ3v) is 3.93. The lowest BCUT2D eigenvalue weighted by atomic mass is 10.1. The van der Waals surface area contributed by atoms with Crippen LogP contribution in [0.25, 0.3) is 0 Å². The van der Waals surface area contributed by atoms with Crippen LogP contribution < -0.4 is 9.47 Å². The molecule has 5 nitrogen and oxygen atoms in total. The molecule has 1 atom stereocenters. The second kappa shape index (κ2) is 5.93. The number of nitrogens with zero attached hydrogens (tertiary/aromatic N) is 1. The van der Waals surface area contributed by atoms with E-state index in [-0.39, 0.29) is 24.8 Å². The van der Waals surface area contributed by atoms with Gasteiger partial charge < -0.3 is 19.1 Å². The first kappa shape index (κ1) is 14.2. The summed E-state index contributed by atoms with van der Waals surface area (Å²) < 4.78 is 16.4. The molecular weight excluding hydrogens is 270 g/mol. The average Bonchev–Trinajstić information content (AvgIpc) is 3.14. The number of amides is 1. The molecule has 1 aromatic rings. The van der Waals surface area contributed by atoms with Gasteiger partial charge in [0.05, 0.1) is 0 Å². The maximum Gasteiger partial charge on any atom is 0.252 e. The summed E-state index contributed by atoms with van der Waals surface area (Å²) in [4.78, 5) is 14.5. The van der Waals surface area contributed by atoms with Gasteiger partial charge in [0, 0.05) is 24.8 Å². The van der Waals surface area contributed by atoms with E-state index in [0.717, 1.165) is 29.9 Å². The normalized spacial score (nSPS) is 20.0. The van der Waals surface area contributed by atoms with Crippen molar-refractivity contribution in [1.29, 1.82) is 0 Å². The van der Waals surface area contributed by atoms with Crippen molar-refractivity contribution in [3.05, 3.63) is 23.8 Å². The van der Waals surface area contributed by atoms with Crippen LogP contribution in [0.15, 0.2) is 18.2 Å². The van der Waals surface area contributed by atoms with E-state index in [1.165, 1.54) is 0 Å². The molecule has 1 fully saturated rings. The first-order chi connectivity index (χ1) is 10.2. The van der Waals surface area contributed by atoms with Gasteiger partial charge in [-0.05, 0) is 32.8 Å². The van der Waals surface area contributed by atoms with Crippen LogP contribution in [0.2, 0.25) is 0 Å². The molecule has 0 N–H and O–H groups in total. The number of benzene rings is 1. The number of ether oxygens (including phenoxy) is 3. The molecule has 2 aliphatic rings. The Morgan fingerprint density at radius 3 is 2.95 bits per heavy atom. The van der Waals surface area contributed by atoms with E-state index in [9.17, 15) is 4.79 Å². The Kier molecular flexibility index (Phi) is 4.01. The van der Waals surface area contributed by atoms with Crippen molar-refractivity contribution < 1.29 is 19.0 Å². The molecule has 3 rings (SSSR count). The first-order valence-electron chi connectivity index (χ1n) is 7.46. The van der Waals surface area contributed by atoms with E-state index in [0.29, 0.717) is 13.2 Å². The molecule has 0 radical (unpaired) electrons. The van der Waals surface area contributed by atoms with Gasteiger partial charge in [-0.2, -0.15) is 0 Å². The molecule has 0 aromatic heterocycles. The first-order valence-corrected chi connectivity index (χ1v) is 7.46. The number of para-hydroxylation sites is 1. The highest BCUT2D eigenvalue weighted by atomic mass is 16.7. The van der Waals surface area contributed by atoms with Crippen molar-refractivity contribution in [3.63, 3.8) is 0 Å². The van der Waals surface area contributed by atoms with Gasteiger partial charge in [-0.15, -0.1) is 0 Å². The molecule has 1 aromatic carbocycles. The van der Waals surface area contributed by atoms with Crippen molar-refractivity contribution in [2.75, 3.05) is 13.4 Å². The van der Waals surface area contributed by atoms with Crippen molar-refractivity contribution in [2.24, 2.45) is 0 Å². The highest BCUT2D eigenvalue weighted by molar-refractivity contribution is 5.81. The second-order valence-corrected chi connectivity index (χ2v) is 5.71. The van der Waals surface area contributed by atoms with Crippen LogP contribution in [0, 0.1) is 0 Å². The van der Waals surface area contributed by atoms with E-state index in [1.54, 1.807) is 0 Å². The maximum absolute atomic E-state index is 12.6. The van der Waals surface area contributed by atoms with Crippen molar-refractivity contribution in [1.82, 2.24) is 4.90 Å².